The Hall–Kier alpha value is -3.67. The van der Waals surface area contributed by atoms with Crippen LogP contribution in [0.2, 0.25) is 0 Å². The number of aldehydes is 1. The number of hydrogen-bond acceptors (Lipinski definition) is 5. The molecule has 1 amide bonds. The number of benzene rings is 2. The summed E-state index contributed by atoms with van der Waals surface area (Å²) in [6.07, 6.45) is 4.36. The van der Waals surface area contributed by atoms with E-state index in [2.05, 4.69) is 0 Å². The Labute approximate surface area is 174 Å². The standard InChI is InChI=1S/C24H21NO5/c26-15-19(13-7-12-17-8-3-1-4-9-17)23-22(25-20(27)14-21(25)30-23)24(28)29-16-18-10-5-2-6-11-18/h1-12,15,21-22H,13-14,16H2/t21-,22?/m1/s1. The first-order valence-electron chi connectivity index (χ1n) is 9.75. The molecular formula is C24H21NO5. The first kappa shape index (κ1) is 19.6. The average molecular weight is 403 g/mol. The molecule has 2 saturated heterocycles. The Bertz CT molecular complexity index is 997. The van der Waals surface area contributed by atoms with Gasteiger partial charge in [0.1, 0.15) is 18.7 Å². The van der Waals surface area contributed by atoms with Gasteiger partial charge in [-0.3, -0.25) is 14.5 Å². The molecule has 2 atom stereocenters. The minimum atomic E-state index is -1.02. The molecule has 0 saturated carbocycles. The highest BCUT2D eigenvalue weighted by atomic mass is 16.6. The van der Waals surface area contributed by atoms with Crippen molar-refractivity contribution in [2.75, 3.05) is 0 Å². The van der Waals surface area contributed by atoms with Crippen LogP contribution in [0.1, 0.15) is 24.0 Å². The minimum absolute atomic E-state index is 0.0838. The van der Waals surface area contributed by atoms with Gasteiger partial charge in [0.2, 0.25) is 5.91 Å². The van der Waals surface area contributed by atoms with Gasteiger partial charge in [-0.05, 0) is 17.5 Å². The number of esters is 1. The van der Waals surface area contributed by atoms with E-state index in [4.69, 9.17) is 9.47 Å². The molecule has 2 aliphatic rings. The summed E-state index contributed by atoms with van der Waals surface area (Å²) in [5.41, 5.74) is 2.16. The van der Waals surface area contributed by atoms with Crippen molar-refractivity contribution in [2.45, 2.75) is 31.7 Å². The molecule has 2 fully saturated rings. The number of β-lactam (4-membered cyclic amide) rings is 1. The Morgan fingerprint density at radius 2 is 1.80 bits per heavy atom. The Kier molecular flexibility index (Phi) is 5.75. The maximum absolute atomic E-state index is 12.8. The first-order chi connectivity index (χ1) is 14.7. The molecule has 2 aliphatic heterocycles. The van der Waals surface area contributed by atoms with Gasteiger partial charge >= 0.3 is 5.97 Å². The second-order valence-electron chi connectivity index (χ2n) is 7.10. The van der Waals surface area contributed by atoms with Crippen LogP contribution in [0.15, 0.2) is 78.1 Å². The molecular weight excluding hydrogens is 382 g/mol. The molecule has 0 radical (unpaired) electrons. The SMILES string of the molecule is O=CC(CC=Cc1ccccc1)=C1O[C@@H]2CC(=O)N2C1C(=O)OCc1ccccc1. The van der Waals surface area contributed by atoms with Gasteiger partial charge in [0, 0.05) is 5.57 Å². The number of nitrogens with zero attached hydrogens (tertiary/aromatic N) is 1. The van der Waals surface area contributed by atoms with E-state index < -0.39 is 18.2 Å². The van der Waals surface area contributed by atoms with Crippen LogP contribution in [0.25, 0.3) is 6.08 Å². The van der Waals surface area contributed by atoms with Gasteiger partial charge in [-0.15, -0.1) is 0 Å². The van der Waals surface area contributed by atoms with Crippen LogP contribution in [0, 0.1) is 0 Å². The van der Waals surface area contributed by atoms with E-state index in [0.717, 1.165) is 11.1 Å². The maximum Gasteiger partial charge on any atom is 0.337 e. The monoisotopic (exact) mass is 403 g/mol. The van der Waals surface area contributed by atoms with Crippen molar-refractivity contribution in [1.82, 2.24) is 4.90 Å². The second kappa shape index (κ2) is 8.78. The third-order valence-electron chi connectivity index (χ3n) is 5.09. The molecule has 2 aromatic carbocycles. The van der Waals surface area contributed by atoms with Gasteiger partial charge in [0.15, 0.2) is 12.3 Å². The average Bonchev–Trinajstić information content (AvgIpc) is 3.09. The van der Waals surface area contributed by atoms with E-state index in [1.807, 2.05) is 72.8 Å². The number of amides is 1. The fraction of sp³-hybridized carbons (Fsp3) is 0.208. The molecule has 2 aromatic rings. The molecule has 152 valence electrons. The number of allylic oxidation sites excluding steroid dienone is 2. The summed E-state index contributed by atoms with van der Waals surface area (Å²) in [5, 5.41) is 0. The molecule has 0 N–H and O–H groups in total. The number of fused-ring (bicyclic) bond motifs is 1. The smallest absolute Gasteiger partial charge is 0.337 e. The van der Waals surface area contributed by atoms with Gasteiger partial charge in [-0.1, -0.05) is 72.8 Å². The van der Waals surface area contributed by atoms with Crippen LogP contribution in [0.3, 0.4) is 0 Å². The van der Waals surface area contributed by atoms with Gasteiger partial charge in [0.05, 0.1) is 6.42 Å². The third kappa shape index (κ3) is 4.03. The molecule has 0 aliphatic carbocycles. The van der Waals surface area contributed by atoms with Gasteiger partial charge in [0.25, 0.3) is 0 Å². The van der Waals surface area contributed by atoms with Crippen LogP contribution < -0.4 is 0 Å². The van der Waals surface area contributed by atoms with E-state index in [9.17, 15) is 14.4 Å². The fourth-order valence-electron chi connectivity index (χ4n) is 3.52. The Balaban J connectivity index is 1.52. The maximum atomic E-state index is 12.8. The Morgan fingerprint density at radius 3 is 2.47 bits per heavy atom. The number of carbonyl (C=O) groups is 3. The number of carbonyl (C=O) groups excluding carboxylic acids is 3. The first-order valence-corrected chi connectivity index (χ1v) is 9.75. The van der Waals surface area contributed by atoms with Gasteiger partial charge in [-0.25, -0.2) is 4.79 Å². The highest BCUT2D eigenvalue weighted by molar-refractivity contribution is 5.93. The van der Waals surface area contributed by atoms with E-state index in [1.54, 1.807) is 0 Å². The van der Waals surface area contributed by atoms with Crippen LogP contribution in [0.4, 0.5) is 0 Å². The van der Waals surface area contributed by atoms with Crippen LogP contribution in [0.5, 0.6) is 0 Å². The predicted octanol–water partition coefficient (Wildman–Crippen LogP) is 3.24. The molecule has 30 heavy (non-hydrogen) atoms. The summed E-state index contributed by atoms with van der Waals surface area (Å²) in [6, 6.07) is 17.9. The number of hydrogen-bond donors (Lipinski definition) is 0. The van der Waals surface area contributed by atoms with Crippen molar-refractivity contribution in [1.29, 1.82) is 0 Å². The zero-order valence-electron chi connectivity index (χ0n) is 16.3. The van der Waals surface area contributed by atoms with Crippen molar-refractivity contribution >= 4 is 24.2 Å². The summed E-state index contributed by atoms with van der Waals surface area (Å²) >= 11 is 0. The predicted molar refractivity (Wildman–Crippen MR) is 110 cm³/mol. The lowest BCUT2D eigenvalue weighted by atomic mass is 10.0. The van der Waals surface area contributed by atoms with Gasteiger partial charge in [-0.2, -0.15) is 0 Å². The van der Waals surface area contributed by atoms with E-state index in [0.29, 0.717) is 11.9 Å². The lowest BCUT2D eigenvalue weighted by Crippen LogP contribution is -2.55. The highest BCUT2D eigenvalue weighted by Gasteiger charge is 2.55. The molecule has 4 rings (SSSR count). The Morgan fingerprint density at radius 1 is 1.10 bits per heavy atom. The van der Waals surface area contributed by atoms with Crippen molar-refractivity contribution in [3.63, 3.8) is 0 Å². The second-order valence-corrected chi connectivity index (χ2v) is 7.10. The molecule has 2 heterocycles. The van der Waals surface area contributed by atoms with E-state index >= 15 is 0 Å². The van der Waals surface area contributed by atoms with Crippen molar-refractivity contribution in [3.05, 3.63) is 89.2 Å². The molecule has 0 spiro atoms. The zero-order chi connectivity index (χ0) is 20.9. The van der Waals surface area contributed by atoms with Crippen LogP contribution in [-0.2, 0) is 30.5 Å². The fourth-order valence-corrected chi connectivity index (χ4v) is 3.52. The summed E-state index contributed by atoms with van der Waals surface area (Å²) in [6.45, 7) is 0.0838. The molecule has 0 bridgehead atoms. The van der Waals surface area contributed by atoms with Gasteiger partial charge < -0.3 is 9.47 Å². The van der Waals surface area contributed by atoms with Crippen LogP contribution >= 0.6 is 0 Å². The third-order valence-corrected chi connectivity index (χ3v) is 5.09. The summed E-state index contributed by atoms with van der Waals surface area (Å²) in [7, 11) is 0. The number of ether oxygens (including phenoxy) is 2. The normalized spacial score (nSPS) is 21.6. The minimum Gasteiger partial charge on any atom is -0.471 e. The summed E-state index contributed by atoms with van der Waals surface area (Å²) < 4.78 is 11.2. The molecule has 1 unspecified atom stereocenters. The molecule has 6 nitrogen and oxygen atoms in total. The van der Waals surface area contributed by atoms with E-state index in [1.165, 1.54) is 4.90 Å². The lowest BCUT2D eigenvalue weighted by Gasteiger charge is -2.33. The molecule has 6 heteroatoms. The quantitative estimate of drug-likeness (QED) is 0.307. The summed E-state index contributed by atoms with van der Waals surface area (Å²) in [4.78, 5) is 38.0. The summed E-state index contributed by atoms with van der Waals surface area (Å²) in [5.74, 6) is -0.589. The lowest BCUT2D eigenvalue weighted by molar-refractivity contribution is -0.166. The van der Waals surface area contributed by atoms with Crippen molar-refractivity contribution in [2.24, 2.45) is 0 Å². The van der Waals surface area contributed by atoms with Crippen molar-refractivity contribution < 1.29 is 23.9 Å². The highest BCUT2D eigenvalue weighted by Crippen LogP contribution is 2.38. The van der Waals surface area contributed by atoms with Crippen LogP contribution in [-0.4, -0.2) is 35.3 Å². The topological polar surface area (TPSA) is 72.9 Å². The zero-order valence-corrected chi connectivity index (χ0v) is 16.3. The number of rotatable bonds is 7. The van der Waals surface area contributed by atoms with E-state index in [-0.39, 0.29) is 31.1 Å². The largest absolute Gasteiger partial charge is 0.471 e. The van der Waals surface area contributed by atoms with Crippen molar-refractivity contribution in [3.8, 4) is 0 Å². The molecule has 0 aromatic heterocycles.